The molecular formula is C20H17N3O6. The summed E-state index contributed by atoms with van der Waals surface area (Å²) in [7, 11) is 0. The highest BCUT2D eigenvalue weighted by Crippen LogP contribution is 2.44. The van der Waals surface area contributed by atoms with Crippen molar-refractivity contribution < 1.29 is 24.0 Å². The number of carbonyl (C=O) groups is 2. The first kappa shape index (κ1) is 18.5. The van der Waals surface area contributed by atoms with Crippen LogP contribution in [0.2, 0.25) is 0 Å². The Kier molecular flexibility index (Phi) is 4.86. The number of carboxylic acids is 1. The molecule has 0 saturated heterocycles. The first-order valence-corrected chi connectivity index (χ1v) is 8.92. The number of fused-ring (bicyclic) bond motifs is 3. The third-order valence-electron chi connectivity index (χ3n) is 4.82. The number of alkyl carbamates (subject to hydrolysis) is 1. The van der Waals surface area contributed by atoms with E-state index in [-0.39, 0.29) is 24.8 Å². The number of ether oxygens (including phenoxy) is 1. The Hall–Kier alpha value is -3.88. The molecule has 2 aromatic carbocycles. The molecular weight excluding hydrogens is 378 g/mol. The minimum atomic E-state index is -1.33. The highest BCUT2D eigenvalue weighted by Gasteiger charge is 2.30. The van der Waals surface area contributed by atoms with Crippen LogP contribution in [-0.4, -0.2) is 40.0 Å². The molecule has 0 saturated carbocycles. The van der Waals surface area contributed by atoms with Crippen LogP contribution in [0.4, 0.5) is 4.79 Å². The van der Waals surface area contributed by atoms with E-state index in [0.717, 1.165) is 22.3 Å². The molecule has 4 rings (SSSR count). The third kappa shape index (κ3) is 3.75. The minimum absolute atomic E-state index is 0.0151. The van der Waals surface area contributed by atoms with Crippen molar-refractivity contribution in [3.05, 3.63) is 76.0 Å². The summed E-state index contributed by atoms with van der Waals surface area (Å²) in [6.45, 7) is 0.0625. The zero-order valence-corrected chi connectivity index (χ0v) is 15.1. The van der Waals surface area contributed by atoms with Crippen molar-refractivity contribution in [2.24, 2.45) is 0 Å². The van der Waals surface area contributed by atoms with Crippen molar-refractivity contribution in [3.8, 4) is 11.1 Å². The Morgan fingerprint density at radius 1 is 1.14 bits per heavy atom. The SMILES string of the molecule is O=C(N[C@@H](Cc1noc(=O)[nH]1)C(=O)O)OCC1c2ccccc2-c2ccccc21. The second-order valence-corrected chi connectivity index (χ2v) is 6.61. The number of carbonyl (C=O) groups excluding carboxylic acids is 1. The molecule has 3 aromatic rings. The molecule has 1 amide bonds. The van der Waals surface area contributed by atoms with Crippen LogP contribution in [-0.2, 0) is 16.0 Å². The number of aromatic amines is 1. The number of carboxylic acid groups (broad SMARTS) is 1. The Labute approximate surface area is 164 Å². The predicted molar refractivity (Wildman–Crippen MR) is 100 cm³/mol. The zero-order valence-electron chi connectivity index (χ0n) is 15.1. The molecule has 1 aromatic heterocycles. The average Bonchev–Trinajstić information content (AvgIpc) is 3.27. The molecule has 9 nitrogen and oxygen atoms in total. The van der Waals surface area contributed by atoms with Crippen molar-refractivity contribution in [2.75, 3.05) is 6.61 Å². The molecule has 3 N–H and O–H groups in total. The van der Waals surface area contributed by atoms with E-state index in [9.17, 15) is 19.5 Å². The molecule has 0 spiro atoms. The van der Waals surface area contributed by atoms with Crippen LogP contribution in [0, 0.1) is 0 Å². The highest BCUT2D eigenvalue weighted by atomic mass is 16.5. The fraction of sp³-hybridized carbons (Fsp3) is 0.200. The summed E-state index contributed by atoms with van der Waals surface area (Å²) in [6.07, 6.45) is -1.12. The molecule has 1 atom stereocenters. The molecule has 0 aliphatic heterocycles. The van der Waals surface area contributed by atoms with Crippen LogP contribution in [0.25, 0.3) is 11.1 Å². The first-order chi connectivity index (χ1) is 14.0. The van der Waals surface area contributed by atoms with Crippen LogP contribution >= 0.6 is 0 Å². The average molecular weight is 395 g/mol. The predicted octanol–water partition coefficient (Wildman–Crippen LogP) is 1.90. The lowest BCUT2D eigenvalue weighted by molar-refractivity contribution is -0.139. The van der Waals surface area contributed by atoms with Gasteiger partial charge in [-0.2, -0.15) is 0 Å². The van der Waals surface area contributed by atoms with Crippen molar-refractivity contribution in [1.82, 2.24) is 15.5 Å². The largest absolute Gasteiger partial charge is 0.480 e. The molecule has 1 aliphatic rings. The van der Waals surface area contributed by atoms with Gasteiger partial charge in [0.2, 0.25) is 0 Å². The summed E-state index contributed by atoms with van der Waals surface area (Å²) in [4.78, 5) is 36.8. The van der Waals surface area contributed by atoms with E-state index in [4.69, 9.17) is 4.74 Å². The third-order valence-corrected chi connectivity index (χ3v) is 4.82. The van der Waals surface area contributed by atoms with E-state index in [1.54, 1.807) is 0 Å². The Balaban J connectivity index is 1.44. The number of benzene rings is 2. The van der Waals surface area contributed by atoms with Gasteiger partial charge in [0.1, 0.15) is 12.6 Å². The van der Waals surface area contributed by atoms with Crippen LogP contribution in [0.15, 0.2) is 57.8 Å². The molecule has 0 fully saturated rings. The molecule has 29 heavy (non-hydrogen) atoms. The summed E-state index contributed by atoms with van der Waals surface area (Å²) >= 11 is 0. The highest BCUT2D eigenvalue weighted by molar-refractivity contribution is 5.81. The summed E-state index contributed by atoms with van der Waals surface area (Å²) < 4.78 is 9.67. The number of nitrogens with zero attached hydrogens (tertiary/aromatic N) is 1. The molecule has 0 radical (unpaired) electrons. The molecule has 0 bridgehead atoms. The van der Waals surface area contributed by atoms with Crippen LogP contribution in [0.5, 0.6) is 0 Å². The fourth-order valence-electron chi connectivity index (χ4n) is 3.52. The maximum absolute atomic E-state index is 12.2. The number of aliphatic carboxylic acids is 1. The standard InChI is InChI=1S/C20H17N3O6/c24-18(25)16(9-17-22-20(27)29-23-17)21-19(26)28-10-15-13-7-3-1-5-11(13)12-6-2-4-8-14(12)15/h1-8,15-16H,9-10H2,(H,21,26)(H,24,25)(H,22,23,27)/t16-/m0/s1. The van der Waals surface area contributed by atoms with Crippen molar-refractivity contribution >= 4 is 12.1 Å². The normalized spacial score (nSPS) is 13.4. The van der Waals surface area contributed by atoms with Gasteiger partial charge >= 0.3 is 17.8 Å². The van der Waals surface area contributed by atoms with Crippen molar-refractivity contribution in [1.29, 1.82) is 0 Å². The van der Waals surface area contributed by atoms with Gasteiger partial charge in [-0.3, -0.25) is 9.51 Å². The van der Waals surface area contributed by atoms with E-state index in [1.165, 1.54) is 0 Å². The van der Waals surface area contributed by atoms with E-state index in [1.807, 2.05) is 48.5 Å². The quantitative estimate of drug-likeness (QED) is 0.580. The lowest BCUT2D eigenvalue weighted by Gasteiger charge is -2.16. The first-order valence-electron chi connectivity index (χ1n) is 8.92. The van der Waals surface area contributed by atoms with Gasteiger partial charge < -0.3 is 15.2 Å². The molecule has 148 valence electrons. The number of aromatic nitrogens is 2. The second kappa shape index (κ2) is 7.63. The maximum atomic E-state index is 12.2. The summed E-state index contributed by atoms with van der Waals surface area (Å²) in [5.41, 5.74) is 4.29. The smallest absolute Gasteiger partial charge is 0.438 e. The van der Waals surface area contributed by atoms with E-state index >= 15 is 0 Å². The van der Waals surface area contributed by atoms with Gasteiger partial charge in [-0.25, -0.2) is 14.4 Å². The Bertz CT molecular complexity index is 1070. The fourth-order valence-corrected chi connectivity index (χ4v) is 3.52. The number of hydrogen-bond donors (Lipinski definition) is 3. The lowest BCUT2D eigenvalue weighted by atomic mass is 9.98. The number of amides is 1. The van der Waals surface area contributed by atoms with Crippen LogP contribution in [0.1, 0.15) is 22.9 Å². The maximum Gasteiger partial charge on any atom is 0.438 e. The molecule has 9 heteroatoms. The topological polar surface area (TPSA) is 135 Å². The van der Waals surface area contributed by atoms with E-state index in [2.05, 4.69) is 20.0 Å². The summed E-state index contributed by atoms with van der Waals surface area (Å²) in [5.74, 6) is -2.21. The minimum Gasteiger partial charge on any atom is -0.480 e. The molecule has 1 aliphatic carbocycles. The lowest BCUT2D eigenvalue weighted by Crippen LogP contribution is -2.43. The number of H-pyrrole nitrogens is 1. The number of hydrogen-bond acceptors (Lipinski definition) is 6. The van der Waals surface area contributed by atoms with Gasteiger partial charge in [0.25, 0.3) is 0 Å². The Morgan fingerprint density at radius 3 is 2.31 bits per heavy atom. The monoisotopic (exact) mass is 395 g/mol. The summed E-state index contributed by atoms with van der Waals surface area (Å²) in [6, 6.07) is 14.5. The van der Waals surface area contributed by atoms with Gasteiger partial charge in [0.15, 0.2) is 5.82 Å². The zero-order chi connectivity index (χ0) is 20.4. The molecule has 1 heterocycles. The van der Waals surface area contributed by atoms with E-state index in [0.29, 0.717) is 0 Å². The van der Waals surface area contributed by atoms with Crippen molar-refractivity contribution in [3.63, 3.8) is 0 Å². The summed E-state index contributed by atoms with van der Waals surface area (Å²) in [5, 5.41) is 15.0. The van der Waals surface area contributed by atoms with Crippen LogP contribution < -0.4 is 11.1 Å². The number of nitrogens with one attached hydrogen (secondary N) is 2. The van der Waals surface area contributed by atoms with Gasteiger partial charge in [0.05, 0.1) is 0 Å². The van der Waals surface area contributed by atoms with Gasteiger partial charge in [-0.15, -0.1) is 0 Å². The van der Waals surface area contributed by atoms with Gasteiger partial charge in [-0.1, -0.05) is 53.7 Å². The number of rotatable bonds is 6. The van der Waals surface area contributed by atoms with Crippen molar-refractivity contribution in [2.45, 2.75) is 18.4 Å². The molecule has 0 unspecified atom stereocenters. The van der Waals surface area contributed by atoms with E-state index < -0.39 is 23.9 Å². The van der Waals surface area contributed by atoms with Gasteiger partial charge in [0, 0.05) is 12.3 Å². The Morgan fingerprint density at radius 2 is 1.76 bits per heavy atom. The van der Waals surface area contributed by atoms with Gasteiger partial charge in [-0.05, 0) is 22.3 Å². The van der Waals surface area contributed by atoms with Crippen LogP contribution in [0.3, 0.4) is 0 Å². The second-order valence-electron chi connectivity index (χ2n) is 6.61.